The number of nitrogens with one attached hydrogen (secondary N) is 1. The van der Waals surface area contributed by atoms with Crippen LogP contribution in [-0.4, -0.2) is 40.1 Å². The van der Waals surface area contributed by atoms with Crippen molar-refractivity contribution in [2.75, 3.05) is 24.5 Å². The Hall–Kier alpha value is -2.37. The molecule has 3 heterocycles. The molecule has 2 aliphatic rings. The van der Waals surface area contributed by atoms with Crippen LogP contribution in [0, 0.1) is 18.3 Å². The lowest BCUT2D eigenvalue weighted by Crippen LogP contribution is -2.44. The zero-order chi connectivity index (χ0) is 18.0. The molecular formula is C20H27N5O. The Morgan fingerprint density at radius 1 is 1.31 bits per heavy atom. The van der Waals surface area contributed by atoms with Crippen molar-refractivity contribution in [3.63, 3.8) is 0 Å². The normalized spacial score (nSPS) is 21.4. The first kappa shape index (κ1) is 17.1. The molecule has 1 aliphatic carbocycles. The molecule has 138 valence electrons. The summed E-state index contributed by atoms with van der Waals surface area (Å²) in [6.07, 6.45) is 10.0. The molecule has 2 fully saturated rings. The highest BCUT2D eigenvalue weighted by Crippen LogP contribution is 2.46. The molecule has 1 saturated heterocycles. The Balaban J connectivity index is 1.31. The number of anilines is 1. The van der Waals surface area contributed by atoms with E-state index >= 15 is 0 Å². The van der Waals surface area contributed by atoms with Gasteiger partial charge in [0.05, 0.1) is 5.92 Å². The van der Waals surface area contributed by atoms with Gasteiger partial charge in [0.1, 0.15) is 11.6 Å². The van der Waals surface area contributed by atoms with Crippen LogP contribution in [0.2, 0.25) is 0 Å². The minimum atomic E-state index is 0.0523. The Bertz CT molecular complexity index is 753. The number of aromatic nitrogens is 3. The number of carbonyl (C=O) groups is 1. The van der Waals surface area contributed by atoms with Gasteiger partial charge in [0, 0.05) is 50.2 Å². The van der Waals surface area contributed by atoms with Gasteiger partial charge >= 0.3 is 0 Å². The van der Waals surface area contributed by atoms with E-state index in [4.69, 9.17) is 0 Å². The molecule has 6 nitrogen and oxygen atoms in total. The van der Waals surface area contributed by atoms with E-state index in [1.165, 1.54) is 12.8 Å². The molecule has 2 aromatic rings. The van der Waals surface area contributed by atoms with Gasteiger partial charge in [0.25, 0.3) is 0 Å². The molecule has 0 spiro atoms. The van der Waals surface area contributed by atoms with E-state index in [0.29, 0.717) is 0 Å². The number of nitrogens with zero attached hydrogens (tertiary/aromatic N) is 4. The number of aryl methyl sites for hydroxylation is 1. The summed E-state index contributed by atoms with van der Waals surface area (Å²) in [5.41, 5.74) is 0.219. The fraction of sp³-hybridized carbons (Fsp3) is 0.550. The minimum Gasteiger partial charge on any atom is -0.356 e. The van der Waals surface area contributed by atoms with Gasteiger partial charge in [-0.3, -0.25) is 4.79 Å². The van der Waals surface area contributed by atoms with Gasteiger partial charge < -0.3 is 14.8 Å². The molecule has 26 heavy (non-hydrogen) atoms. The van der Waals surface area contributed by atoms with Gasteiger partial charge in [-0.05, 0) is 44.7 Å². The number of rotatable bonds is 6. The molecule has 2 aromatic heterocycles. The molecule has 0 radical (unpaired) electrons. The van der Waals surface area contributed by atoms with Crippen LogP contribution in [-0.2, 0) is 11.3 Å². The number of carbonyl (C=O) groups excluding carboxylic acids is 1. The summed E-state index contributed by atoms with van der Waals surface area (Å²) in [7, 11) is 0. The first-order valence-corrected chi connectivity index (χ1v) is 9.57. The average Bonchev–Trinajstić information content (AvgIpc) is 3.34. The maximum absolute atomic E-state index is 12.7. The number of pyridine rings is 1. The van der Waals surface area contributed by atoms with Gasteiger partial charge in [-0.1, -0.05) is 6.07 Å². The zero-order valence-electron chi connectivity index (χ0n) is 15.4. The lowest BCUT2D eigenvalue weighted by molar-refractivity contribution is -0.125. The van der Waals surface area contributed by atoms with Crippen LogP contribution in [0.4, 0.5) is 5.82 Å². The summed E-state index contributed by atoms with van der Waals surface area (Å²) in [6, 6.07) is 5.95. The second-order valence-electron chi connectivity index (χ2n) is 7.79. The molecule has 1 amide bonds. The molecule has 1 aliphatic heterocycles. The third kappa shape index (κ3) is 3.74. The lowest BCUT2D eigenvalue weighted by atomic mass is 9.96. The van der Waals surface area contributed by atoms with Gasteiger partial charge in [-0.15, -0.1) is 0 Å². The summed E-state index contributed by atoms with van der Waals surface area (Å²) < 4.78 is 2.20. The Morgan fingerprint density at radius 3 is 2.88 bits per heavy atom. The topological polar surface area (TPSA) is 63.1 Å². The van der Waals surface area contributed by atoms with Crippen molar-refractivity contribution in [3.8, 4) is 0 Å². The van der Waals surface area contributed by atoms with Crippen molar-refractivity contribution in [2.45, 2.75) is 39.2 Å². The monoisotopic (exact) mass is 353 g/mol. The highest BCUT2D eigenvalue weighted by molar-refractivity contribution is 5.79. The highest BCUT2D eigenvalue weighted by Gasteiger charge is 2.43. The summed E-state index contributed by atoms with van der Waals surface area (Å²) >= 11 is 0. The smallest absolute Gasteiger partial charge is 0.224 e. The van der Waals surface area contributed by atoms with Crippen molar-refractivity contribution in [2.24, 2.45) is 11.3 Å². The fourth-order valence-corrected chi connectivity index (χ4v) is 3.86. The molecule has 0 unspecified atom stereocenters. The van der Waals surface area contributed by atoms with Crippen molar-refractivity contribution in [1.82, 2.24) is 19.9 Å². The number of piperidine rings is 1. The SMILES string of the molecule is Cc1nccn1CC1(CNC(=O)[C@H]2CCCN(c3ccccn3)C2)CC1. The first-order valence-electron chi connectivity index (χ1n) is 9.57. The van der Waals surface area contributed by atoms with E-state index in [2.05, 4.69) is 24.8 Å². The van der Waals surface area contributed by atoms with Crippen LogP contribution < -0.4 is 10.2 Å². The number of amides is 1. The molecule has 1 atom stereocenters. The van der Waals surface area contributed by atoms with Crippen molar-refractivity contribution in [1.29, 1.82) is 0 Å². The van der Waals surface area contributed by atoms with Crippen molar-refractivity contribution >= 4 is 11.7 Å². The molecule has 4 rings (SSSR count). The molecule has 1 N–H and O–H groups in total. The molecule has 0 aromatic carbocycles. The molecule has 6 heteroatoms. The zero-order valence-corrected chi connectivity index (χ0v) is 15.4. The van der Waals surface area contributed by atoms with E-state index in [9.17, 15) is 4.79 Å². The molecular weight excluding hydrogens is 326 g/mol. The third-order valence-corrected chi connectivity index (χ3v) is 5.79. The summed E-state index contributed by atoms with van der Waals surface area (Å²) in [4.78, 5) is 23.7. The predicted octanol–water partition coefficient (Wildman–Crippen LogP) is 2.40. The second-order valence-corrected chi connectivity index (χ2v) is 7.79. The van der Waals surface area contributed by atoms with E-state index in [1.54, 1.807) is 0 Å². The lowest BCUT2D eigenvalue weighted by Gasteiger charge is -2.33. The van der Waals surface area contributed by atoms with Crippen LogP contribution in [0.5, 0.6) is 0 Å². The quantitative estimate of drug-likeness (QED) is 0.866. The highest BCUT2D eigenvalue weighted by atomic mass is 16.1. The first-order chi connectivity index (χ1) is 12.7. The van der Waals surface area contributed by atoms with Gasteiger partial charge in [0.2, 0.25) is 5.91 Å². The Labute approximate surface area is 154 Å². The van der Waals surface area contributed by atoms with Crippen molar-refractivity contribution in [3.05, 3.63) is 42.6 Å². The largest absolute Gasteiger partial charge is 0.356 e. The standard InChI is InChI=1S/C20H27N5O/c1-16-21-10-12-25(16)15-20(7-8-20)14-23-19(26)17-5-4-11-24(13-17)18-6-2-3-9-22-18/h2-3,6,9-10,12,17H,4-5,7-8,11,13-15H2,1H3,(H,23,26)/t17-/m0/s1. The molecule has 1 saturated carbocycles. The van der Waals surface area contributed by atoms with E-state index < -0.39 is 0 Å². The predicted molar refractivity (Wildman–Crippen MR) is 101 cm³/mol. The number of hydrogen-bond donors (Lipinski definition) is 1. The Kier molecular flexibility index (Phi) is 4.66. The van der Waals surface area contributed by atoms with Crippen LogP contribution in [0.3, 0.4) is 0 Å². The summed E-state index contributed by atoms with van der Waals surface area (Å²) in [5, 5.41) is 3.24. The fourth-order valence-electron chi connectivity index (χ4n) is 3.86. The number of hydrogen-bond acceptors (Lipinski definition) is 4. The van der Waals surface area contributed by atoms with Crippen LogP contribution in [0.25, 0.3) is 0 Å². The average molecular weight is 353 g/mol. The van der Waals surface area contributed by atoms with Crippen molar-refractivity contribution < 1.29 is 4.79 Å². The van der Waals surface area contributed by atoms with Crippen LogP contribution >= 0.6 is 0 Å². The minimum absolute atomic E-state index is 0.0523. The maximum Gasteiger partial charge on any atom is 0.224 e. The van der Waals surface area contributed by atoms with Gasteiger partial charge in [-0.25, -0.2) is 9.97 Å². The third-order valence-electron chi connectivity index (χ3n) is 5.79. The summed E-state index contributed by atoms with van der Waals surface area (Å²) in [5.74, 6) is 2.26. The second kappa shape index (κ2) is 7.09. The van der Waals surface area contributed by atoms with Crippen LogP contribution in [0.1, 0.15) is 31.5 Å². The van der Waals surface area contributed by atoms with Gasteiger partial charge in [0.15, 0.2) is 0 Å². The van der Waals surface area contributed by atoms with Crippen LogP contribution in [0.15, 0.2) is 36.8 Å². The number of imidazole rings is 1. The van der Waals surface area contributed by atoms with E-state index in [0.717, 1.165) is 50.7 Å². The maximum atomic E-state index is 12.7. The molecule has 0 bridgehead atoms. The summed E-state index contributed by atoms with van der Waals surface area (Å²) in [6.45, 7) is 5.48. The van der Waals surface area contributed by atoms with Gasteiger partial charge in [-0.2, -0.15) is 0 Å². The van der Waals surface area contributed by atoms with E-state index in [1.807, 2.05) is 43.7 Å². The van der Waals surface area contributed by atoms with E-state index in [-0.39, 0.29) is 17.2 Å². The Morgan fingerprint density at radius 2 is 2.19 bits per heavy atom.